The first kappa shape index (κ1) is 18.6. The third-order valence-electron chi connectivity index (χ3n) is 5.58. The molecule has 0 aliphatic carbocycles. The molecular formula is C22H25N7O. The number of H-pyrrole nitrogens is 1. The van der Waals surface area contributed by atoms with E-state index in [4.69, 9.17) is 4.98 Å². The van der Waals surface area contributed by atoms with E-state index in [0.717, 1.165) is 48.0 Å². The van der Waals surface area contributed by atoms with Crippen molar-refractivity contribution >= 4 is 39.3 Å². The summed E-state index contributed by atoms with van der Waals surface area (Å²) in [6, 6.07) is 8.14. The van der Waals surface area contributed by atoms with Crippen LogP contribution >= 0.6 is 0 Å². The summed E-state index contributed by atoms with van der Waals surface area (Å²) < 4.78 is 2.22. The molecule has 4 heterocycles. The van der Waals surface area contributed by atoms with Crippen molar-refractivity contribution in [3.8, 4) is 0 Å². The molecule has 1 aliphatic heterocycles. The van der Waals surface area contributed by atoms with Gasteiger partial charge >= 0.3 is 0 Å². The van der Waals surface area contributed by atoms with Gasteiger partial charge in [0.15, 0.2) is 0 Å². The molecule has 1 aromatic carbocycles. The zero-order valence-corrected chi connectivity index (χ0v) is 17.1. The van der Waals surface area contributed by atoms with E-state index >= 15 is 0 Å². The maximum atomic E-state index is 12.6. The van der Waals surface area contributed by atoms with E-state index in [-0.39, 0.29) is 5.43 Å². The quantitative estimate of drug-likeness (QED) is 0.485. The number of hydrogen-bond acceptors (Lipinski definition) is 6. The summed E-state index contributed by atoms with van der Waals surface area (Å²) in [6.45, 7) is 7.74. The third kappa shape index (κ3) is 3.29. The topological polar surface area (TPSA) is 90.9 Å². The molecule has 3 aromatic heterocycles. The van der Waals surface area contributed by atoms with Crippen molar-refractivity contribution in [3.05, 3.63) is 53.1 Å². The molecule has 1 aliphatic rings. The zero-order valence-electron chi connectivity index (χ0n) is 17.1. The number of rotatable bonds is 4. The lowest BCUT2D eigenvalue weighted by molar-refractivity contribution is 0.588. The van der Waals surface area contributed by atoms with Gasteiger partial charge in [0.1, 0.15) is 17.0 Å². The molecule has 0 spiro atoms. The Balaban J connectivity index is 1.49. The summed E-state index contributed by atoms with van der Waals surface area (Å²) in [4.78, 5) is 27.1. The second-order valence-corrected chi connectivity index (χ2v) is 7.91. The number of pyridine rings is 1. The van der Waals surface area contributed by atoms with Crippen molar-refractivity contribution in [2.24, 2.45) is 0 Å². The third-order valence-corrected chi connectivity index (χ3v) is 5.58. The van der Waals surface area contributed by atoms with Crippen LogP contribution in [0.25, 0.3) is 21.8 Å². The van der Waals surface area contributed by atoms with Crippen LogP contribution in [0.1, 0.15) is 19.9 Å². The average molecular weight is 403 g/mol. The van der Waals surface area contributed by atoms with Crippen LogP contribution in [0.5, 0.6) is 0 Å². The van der Waals surface area contributed by atoms with Gasteiger partial charge in [-0.25, -0.2) is 9.97 Å². The number of piperazine rings is 1. The van der Waals surface area contributed by atoms with Gasteiger partial charge in [-0.3, -0.25) is 4.79 Å². The Kier molecular flexibility index (Phi) is 4.63. The fourth-order valence-electron chi connectivity index (χ4n) is 4.04. The Labute approximate surface area is 173 Å². The van der Waals surface area contributed by atoms with Crippen LogP contribution in [0, 0.1) is 0 Å². The van der Waals surface area contributed by atoms with Gasteiger partial charge in [-0.2, -0.15) is 0 Å². The van der Waals surface area contributed by atoms with E-state index in [1.165, 1.54) is 0 Å². The molecule has 1 fully saturated rings. The molecule has 8 nitrogen and oxygen atoms in total. The highest BCUT2D eigenvalue weighted by Gasteiger charge is 2.15. The minimum Gasteiger partial charge on any atom is -0.365 e. The van der Waals surface area contributed by atoms with Crippen molar-refractivity contribution < 1.29 is 0 Å². The van der Waals surface area contributed by atoms with E-state index in [1.54, 1.807) is 12.3 Å². The van der Waals surface area contributed by atoms with Crippen molar-refractivity contribution in [1.82, 2.24) is 24.8 Å². The van der Waals surface area contributed by atoms with Crippen LogP contribution in [0.3, 0.4) is 0 Å². The van der Waals surface area contributed by atoms with Crippen LogP contribution < -0.4 is 21.0 Å². The lowest BCUT2D eigenvalue weighted by Crippen LogP contribution is -2.45. The van der Waals surface area contributed by atoms with Gasteiger partial charge in [0.05, 0.1) is 5.52 Å². The summed E-state index contributed by atoms with van der Waals surface area (Å²) in [7, 11) is 0. The van der Waals surface area contributed by atoms with E-state index in [1.807, 2.05) is 12.3 Å². The smallest absolute Gasteiger partial charge is 0.228 e. The Morgan fingerprint density at radius 3 is 2.70 bits per heavy atom. The normalized spacial score (nSPS) is 14.7. The van der Waals surface area contributed by atoms with Crippen LogP contribution in [0.4, 0.5) is 17.5 Å². The molecule has 4 aromatic rings. The van der Waals surface area contributed by atoms with Gasteiger partial charge in [0.25, 0.3) is 0 Å². The SMILES string of the molecule is CC(C)n1ccc2ccc3cnc(Nc4cc(=O)c(N5CCNCC5)c[nH]4)nc3c21. The highest BCUT2D eigenvalue weighted by atomic mass is 16.1. The number of hydrogen-bond donors (Lipinski definition) is 3. The van der Waals surface area contributed by atoms with Crippen LogP contribution in [0.2, 0.25) is 0 Å². The Morgan fingerprint density at radius 2 is 1.93 bits per heavy atom. The Hall–Kier alpha value is -3.39. The summed E-state index contributed by atoms with van der Waals surface area (Å²) in [5.41, 5.74) is 2.66. The standard InChI is InChI=1S/C22H25N7O/c1-14(2)29-8-5-15-3-4-16-12-25-22(27-20(16)21(15)29)26-19-11-18(30)17(13-24-19)28-9-6-23-7-10-28/h3-5,8,11-14,23H,6-7,9-10H2,1-2H3,(H2,24,25,26,27,30). The first-order valence-electron chi connectivity index (χ1n) is 10.3. The number of nitrogens with one attached hydrogen (secondary N) is 3. The van der Waals surface area contributed by atoms with Crippen molar-refractivity contribution in [3.63, 3.8) is 0 Å². The highest BCUT2D eigenvalue weighted by Crippen LogP contribution is 2.28. The molecule has 5 rings (SSSR count). The molecule has 0 amide bonds. The zero-order chi connectivity index (χ0) is 20.7. The van der Waals surface area contributed by atoms with Crippen molar-refractivity contribution in [1.29, 1.82) is 0 Å². The van der Waals surface area contributed by atoms with E-state index in [9.17, 15) is 4.79 Å². The summed E-state index contributed by atoms with van der Waals surface area (Å²) in [5, 5.41) is 8.58. The fraction of sp³-hybridized carbons (Fsp3) is 0.318. The van der Waals surface area contributed by atoms with E-state index < -0.39 is 0 Å². The Morgan fingerprint density at radius 1 is 1.13 bits per heavy atom. The minimum atomic E-state index is -0.0185. The van der Waals surface area contributed by atoms with Gasteiger partial charge in [-0.15, -0.1) is 0 Å². The second-order valence-electron chi connectivity index (χ2n) is 7.91. The van der Waals surface area contributed by atoms with Crippen LogP contribution in [0.15, 0.2) is 47.7 Å². The number of aromatic amines is 1. The summed E-state index contributed by atoms with van der Waals surface area (Å²) in [5.74, 6) is 1.03. The molecule has 0 atom stereocenters. The first-order chi connectivity index (χ1) is 14.6. The lowest BCUT2D eigenvalue weighted by Gasteiger charge is -2.28. The minimum absolute atomic E-state index is 0.0185. The molecule has 30 heavy (non-hydrogen) atoms. The molecule has 0 radical (unpaired) electrons. The highest BCUT2D eigenvalue weighted by molar-refractivity contribution is 6.03. The molecule has 0 bridgehead atoms. The molecule has 1 saturated heterocycles. The van der Waals surface area contributed by atoms with E-state index in [0.29, 0.717) is 23.5 Å². The lowest BCUT2D eigenvalue weighted by atomic mass is 10.2. The van der Waals surface area contributed by atoms with Gasteiger partial charge in [-0.1, -0.05) is 12.1 Å². The van der Waals surface area contributed by atoms with Crippen molar-refractivity contribution in [2.45, 2.75) is 19.9 Å². The predicted octanol–water partition coefficient (Wildman–Crippen LogP) is 3.01. The molecule has 0 unspecified atom stereocenters. The maximum absolute atomic E-state index is 12.6. The first-order valence-corrected chi connectivity index (χ1v) is 10.3. The fourth-order valence-corrected chi connectivity index (χ4v) is 4.04. The number of aromatic nitrogens is 4. The number of anilines is 3. The molecule has 0 saturated carbocycles. The molecule has 154 valence electrons. The van der Waals surface area contributed by atoms with Crippen LogP contribution in [-0.4, -0.2) is 45.7 Å². The molecule has 3 N–H and O–H groups in total. The number of nitrogens with zero attached hydrogens (tertiary/aromatic N) is 4. The summed E-state index contributed by atoms with van der Waals surface area (Å²) >= 11 is 0. The number of fused-ring (bicyclic) bond motifs is 3. The van der Waals surface area contributed by atoms with Gasteiger partial charge in [0, 0.05) is 67.7 Å². The van der Waals surface area contributed by atoms with Gasteiger partial charge < -0.3 is 25.1 Å². The molecule has 8 heteroatoms. The predicted molar refractivity (Wildman–Crippen MR) is 121 cm³/mol. The second kappa shape index (κ2) is 7.46. The maximum Gasteiger partial charge on any atom is 0.228 e. The average Bonchev–Trinajstić information content (AvgIpc) is 3.20. The Bertz CT molecular complexity index is 1270. The largest absolute Gasteiger partial charge is 0.365 e. The van der Waals surface area contributed by atoms with Gasteiger partial charge in [-0.05, 0) is 19.9 Å². The number of benzene rings is 1. The summed E-state index contributed by atoms with van der Waals surface area (Å²) in [6.07, 6.45) is 5.67. The van der Waals surface area contributed by atoms with Gasteiger partial charge in [0.2, 0.25) is 11.4 Å². The van der Waals surface area contributed by atoms with Crippen LogP contribution in [-0.2, 0) is 0 Å². The molecular weight excluding hydrogens is 378 g/mol. The monoisotopic (exact) mass is 403 g/mol. The van der Waals surface area contributed by atoms with E-state index in [2.05, 4.69) is 62.2 Å². The van der Waals surface area contributed by atoms with Crippen molar-refractivity contribution in [2.75, 3.05) is 36.4 Å².